The molecular weight excluding hydrogens is 200 g/mol. The maximum Gasteiger partial charge on any atom is 0.264 e. The highest BCUT2D eigenvalue weighted by Crippen LogP contribution is 2.25. The first kappa shape index (κ1) is 9.48. The van der Waals surface area contributed by atoms with Crippen LogP contribution >= 0.6 is 11.3 Å². The number of thiophene rings is 1. The topological polar surface area (TPSA) is 66.6 Å². The third-order valence-electron chi connectivity index (χ3n) is 2.32. The number of amides is 1. The van der Waals surface area contributed by atoms with Crippen LogP contribution in [-0.4, -0.2) is 35.1 Å². The molecule has 2 rings (SSSR count). The minimum atomic E-state index is -0.350. The van der Waals surface area contributed by atoms with E-state index in [1.54, 1.807) is 11.0 Å². The minimum Gasteiger partial charge on any atom is -0.398 e. The highest BCUT2D eigenvalue weighted by Gasteiger charge is 2.30. The fourth-order valence-electron chi connectivity index (χ4n) is 1.38. The largest absolute Gasteiger partial charge is 0.398 e. The lowest BCUT2D eigenvalue weighted by molar-refractivity contribution is 0.00623. The minimum absolute atomic E-state index is 0.0277. The van der Waals surface area contributed by atoms with E-state index in [4.69, 9.17) is 10.8 Å². The first-order valence-electron chi connectivity index (χ1n) is 4.41. The Hall–Kier alpha value is -1.07. The van der Waals surface area contributed by atoms with E-state index in [1.165, 1.54) is 11.3 Å². The van der Waals surface area contributed by atoms with Crippen molar-refractivity contribution in [1.29, 1.82) is 0 Å². The molecule has 0 saturated carbocycles. The molecule has 1 aliphatic rings. The van der Waals surface area contributed by atoms with Crippen molar-refractivity contribution >= 4 is 22.9 Å². The van der Waals surface area contributed by atoms with Gasteiger partial charge in [0.15, 0.2) is 0 Å². The third-order valence-corrected chi connectivity index (χ3v) is 3.37. The fourth-order valence-corrected chi connectivity index (χ4v) is 2.29. The molecule has 3 N–H and O–H groups in total. The van der Waals surface area contributed by atoms with E-state index >= 15 is 0 Å². The number of carbonyl (C=O) groups is 1. The van der Waals surface area contributed by atoms with Gasteiger partial charge in [-0.15, -0.1) is 11.3 Å². The average Bonchev–Trinajstić information content (AvgIpc) is 2.41. The summed E-state index contributed by atoms with van der Waals surface area (Å²) < 4.78 is 0. The molecule has 1 aromatic heterocycles. The van der Waals surface area contributed by atoms with E-state index in [2.05, 4.69) is 0 Å². The second-order valence-electron chi connectivity index (χ2n) is 3.49. The number of aryl methyl sites for hydroxylation is 1. The summed E-state index contributed by atoms with van der Waals surface area (Å²) in [4.78, 5) is 15.0. The van der Waals surface area contributed by atoms with Crippen molar-refractivity contribution in [1.82, 2.24) is 4.90 Å². The smallest absolute Gasteiger partial charge is 0.264 e. The normalized spacial score (nSPS) is 16.9. The molecule has 1 fully saturated rings. The molecular formula is C9H12N2O2S. The van der Waals surface area contributed by atoms with Gasteiger partial charge in [0.05, 0.1) is 11.0 Å². The molecule has 0 aliphatic carbocycles. The number of carbonyl (C=O) groups excluding carboxylic acids is 1. The van der Waals surface area contributed by atoms with Crippen LogP contribution < -0.4 is 5.73 Å². The summed E-state index contributed by atoms with van der Waals surface area (Å²) >= 11 is 1.40. The average molecular weight is 212 g/mol. The van der Waals surface area contributed by atoms with Gasteiger partial charge in [0.2, 0.25) is 0 Å². The van der Waals surface area contributed by atoms with Gasteiger partial charge in [-0.05, 0) is 13.0 Å². The maximum absolute atomic E-state index is 11.7. The van der Waals surface area contributed by atoms with Crippen molar-refractivity contribution in [3.05, 3.63) is 15.8 Å². The van der Waals surface area contributed by atoms with Crippen LogP contribution in [-0.2, 0) is 0 Å². The number of nitrogens with zero attached hydrogens (tertiary/aromatic N) is 1. The molecule has 0 aromatic carbocycles. The van der Waals surface area contributed by atoms with Gasteiger partial charge in [0.1, 0.15) is 0 Å². The number of aliphatic hydroxyl groups is 1. The molecule has 0 unspecified atom stereocenters. The monoisotopic (exact) mass is 212 g/mol. The highest BCUT2D eigenvalue weighted by molar-refractivity contribution is 7.14. The zero-order chi connectivity index (χ0) is 10.3. The molecule has 76 valence electrons. The van der Waals surface area contributed by atoms with E-state index in [0.717, 1.165) is 4.88 Å². The van der Waals surface area contributed by atoms with E-state index in [0.29, 0.717) is 23.7 Å². The van der Waals surface area contributed by atoms with Gasteiger partial charge < -0.3 is 15.7 Å². The lowest BCUT2D eigenvalue weighted by Gasteiger charge is -2.35. The number of nitrogens with two attached hydrogens (primary N) is 1. The fraction of sp³-hybridized carbons (Fsp3) is 0.444. The van der Waals surface area contributed by atoms with Crippen LogP contribution in [0, 0.1) is 6.92 Å². The van der Waals surface area contributed by atoms with Crippen LogP contribution in [0.2, 0.25) is 0 Å². The van der Waals surface area contributed by atoms with Crippen molar-refractivity contribution in [3.63, 3.8) is 0 Å². The molecule has 4 nitrogen and oxygen atoms in total. The van der Waals surface area contributed by atoms with Crippen LogP contribution in [0.25, 0.3) is 0 Å². The Bertz CT molecular complexity index is 349. The first-order valence-corrected chi connectivity index (χ1v) is 5.23. The number of nitrogen functional groups attached to an aromatic ring is 1. The van der Waals surface area contributed by atoms with Crippen LogP contribution in [0.5, 0.6) is 0 Å². The Morgan fingerprint density at radius 1 is 1.71 bits per heavy atom. The van der Waals surface area contributed by atoms with Crippen LogP contribution in [0.4, 0.5) is 5.69 Å². The van der Waals surface area contributed by atoms with Gasteiger partial charge in [-0.1, -0.05) is 0 Å². The van der Waals surface area contributed by atoms with Crippen molar-refractivity contribution in [3.8, 4) is 0 Å². The van der Waals surface area contributed by atoms with Crippen molar-refractivity contribution in [2.75, 3.05) is 18.8 Å². The lowest BCUT2D eigenvalue weighted by atomic mass is 10.1. The molecule has 5 heteroatoms. The Labute approximate surface area is 85.9 Å². The number of hydrogen-bond donors (Lipinski definition) is 2. The summed E-state index contributed by atoms with van der Waals surface area (Å²) in [6, 6.07) is 1.70. The predicted molar refractivity (Wildman–Crippen MR) is 55.4 cm³/mol. The highest BCUT2D eigenvalue weighted by atomic mass is 32.1. The van der Waals surface area contributed by atoms with Crippen molar-refractivity contribution in [2.45, 2.75) is 13.0 Å². The Kier molecular flexibility index (Phi) is 2.20. The second kappa shape index (κ2) is 3.25. The summed E-state index contributed by atoms with van der Waals surface area (Å²) in [7, 11) is 0. The molecule has 0 radical (unpaired) electrons. The number of aliphatic hydroxyl groups excluding tert-OH is 1. The number of hydrogen-bond acceptors (Lipinski definition) is 4. The molecule has 1 amide bonds. The molecule has 1 saturated heterocycles. The molecule has 0 atom stereocenters. The quantitative estimate of drug-likeness (QED) is 0.710. The molecule has 14 heavy (non-hydrogen) atoms. The molecule has 0 bridgehead atoms. The maximum atomic E-state index is 11.7. The Balaban J connectivity index is 2.12. The summed E-state index contributed by atoms with van der Waals surface area (Å²) in [5.74, 6) is -0.0277. The standard InChI is InChI=1S/C9H12N2O2S/c1-5-7(10)2-8(14-5)9(13)11-3-6(12)4-11/h2,6,12H,3-4,10H2,1H3. The van der Waals surface area contributed by atoms with E-state index in [9.17, 15) is 4.79 Å². The Morgan fingerprint density at radius 2 is 2.36 bits per heavy atom. The van der Waals surface area contributed by atoms with Gasteiger partial charge >= 0.3 is 0 Å². The van der Waals surface area contributed by atoms with E-state index in [-0.39, 0.29) is 12.0 Å². The van der Waals surface area contributed by atoms with Gasteiger partial charge in [-0.3, -0.25) is 4.79 Å². The lowest BCUT2D eigenvalue weighted by Crippen LogP contribution is -2.53. The van der Waals surface area contributed by atoms with Crippen LogP contribution in [0.1, 0.15) is 14.5 Å². The summed E-state index contributed by atoms with van der Waals surface area (Å²) in [5.41, 5.74) is 6.32. The summed E-state index contributed by atoms with van der Waals surface area (Å²) in [6.45, 7) is 2.77. The molecule has 0 spiro atoms. The SMILES string of the molecule is Cc1sc(C(=O)N2CC(O)C2)cc1N. The number of rotatable bonds is 1. The zero-order valence-electron chi connectivity index (χ0n) is 7.86. The first-order chi connectivity index (χ1) is 6.58. The van der Waals surface area contributed by atoms with E-state index in [1.807, 2.05) is 6.92 Å². The summed E-state index contributed by atoms with van der Waals surface area (Å²) in [5, 5.41) is 9.06. The van der Waals surface area contributed by atoms with Crippen molar-refractivity contribution in [2.24, 2.45) is 0 Å². The molecule has 1 aliphatic heterocycles. The van der Waals surface area contributed by atoms with Gasteiger partial charge in [-0.2, -0.15) is 0 Å². The molecule has 2 heterocycles. The van der Waals surface area contributed by atoms with Crippen LogP contribution in [0.3, 0.4) is 0 Å². The van der Waals surface area contributed by atoms with Crippen LogP contribution in [0.15, 0.2) is 6.07 Å². The Morgan fingerprint density at radius 3 is 2.79 bits per heavy atom. The second-order valence-corrected chi connectivity index (χ2v) is 4.74. The third kappa shape index (κ3) is 1.49. The number of β-amino-alcohol motifs (C(OH)–C–C–N with tert-alkyl or cyclic N) is 1. The van der Waals surface area contributed by atoms with Gasteiger partial charge in [-0.25, -0.2) is 0 Å². The van der Waals surface area contributed by atoms with Gasteiger partial charge in [0.25, 0.3) is 5.91 Å². The van der Waals surface area contributed by atoms with Crippen molar-refractivity contribution < 1.29 is 9.90 Å². The predicted octanol–water partition coefficient (Wildman–Crippen LogP) is 0.455. The molecule has 1 aromatic rings. The van der Waals surface area contributed by atoms with Gasteiger partial charge in [0, 0.05) is 23.7 Å². The number of likely N-dealkylation sites (tertiary alicyclic amines) is 1. The van der Waals surface area contributed by atoms with E-state index < -0.39 is 0 Å². The zero-order valence-corrected chi connectivity index (χ0v) is 8.67. The summed E-state index contributed by atoms with van der Waals surface area (Å²) in [6.07, 6.45) is -0.350. The number of anilines is 1.